The van der Waals surface area contributed by atoms with Crippen LogP contribution in [0, 0.1) is 12.3 Å². The van der Waals surface area contributed by atoms with E-state index in [2.05, 4.69) is 26.6 Å². The molecule has 20 heavy (non-hydrogen) atoms. The molecule has 0 saturated carbocycles. The summed E-state index contributed by atoms with van der Waals surface area (Å²) >= 11 is 3.42. The van der Waals surface area contributed by atoms with E-state index in [-0.39, 0.29) is 11.8 Å². The molecule has 5 heteroatoms. The number of benzene rings is 1. The molecule has 110 valence electrons. The van der Waals surface area contributed by atoms with Gasteiger partial charge < -0.3 is 10.6 Å². The third kappa shape index (κ3) is 4.07. The molecule has 1 aromatic carbocycles. The van der Waals surface area contributed by atoms with Gasteiger partial charge in [0.25, 0.3) is 0 Å². The van der Waals surface area contributed by atoms with E-state index >= 15 is 0 Å². The van der Waals surface area contributed by atoms with Gasteiger partial charge in [0.05, 0.1) is 0 Å². The van der Waals surface area contributed by atoms with Gasteiger partial charge in [0.15, 0.2) is 0 Å². The second-order valence-corrected chi connectivity index (χ2v) is 6.15. The van der Waals surface area contributed by atoms with E-state index in [1.54, 1.807) is 13.8 Å². The average Bonchev–Trinajstić information content (AvgIpc) is 2.39. The molecule has 0 aliphatic carbocycles. The fourth-order valence-corrected chi connectivity index (χ4v) is 1.90. The number of halogens is 1. The smallest absolute Gasteiger partial charge is 0.239 e. The van der Waals surface area contributed by atoms with Crippen molar-refractivity contribution < 1.29 is 9.59 Å². The first-order chi connectivity index (χ1) is 9.28. The number of carbonyl (C=O) groups excluding carboxylic acids is 2. The van der Waals surface area contributed by atoms with Crippen molar-refractivity contribution in [3.63, 3.8) is 0 Å². The van der Waals surface area contributed by atoms with Crippen LogP contribution in [-0.2, 0) is 9.59 Å². The zero-order valence-corrected chi connectivity index (χ0v) is 13.9. The second kappa shape index (κ2) is 6.88. The van der Waals surface area contributed by atoms with Crippen LogP contribution in [0.1, 0.15) is 32.8 Å². The Morgan fingerprint density at radius 1 is 1.25 bits per heavy atom. The molecule has 2 N–H and O–H groups in total. The third-order valence-corrected chi connectivity index (χ3v) is 3.95. The Balaban J connectivity index is 2.78. The molecule has 0 fully saturated rings. The fourth-order valence-electron chi connectivity index (χ4n) is 1.52. The number of carbonyl (C=O) groups is 2. The molecule has 2 amide bonds. The summed E-state index contributed by atoms with van der Waals surface area (Å²) in [5, 5.41) is 5.53. The summed E-state index contributed by atoms with van der Waals surface area (Å²) in [4.78, 5) is 24.2. The predicted octanol–water partition coefficient (Wildman–Crippen LogP) is 3.25. The Bertz CT molecular complexity index is 513. The third-order valence-electron chi connectivity index (χ3n) is 3.10. The molecule has 0 radical (unpaired) electrons. The van der Waals surface area contributed by atoms with Crippen LogP contribution in [0.25, 0.3) is 0 Å². The number of hydrogen-bond donors (Lipinski definition) is 2. The summed E-state index contributed by atoms with van der Waals surface area (Å²) in [6.45, 7) is 7.76. The highest BCUT2D eigenvalue weighted by Crippen LogP contribution is 2.23. The van der Waals surface area contributed by atoms with Gasteiger partial charge in [-0.05, 0) is 44.9 Å². The van der Waals surface area contributed by atoms with Crippen molar-refractivity contribution in [2.24, 2.45) is 5.41 Å². The minimum atomic E-state index is -1.10. The number of rotatable bonds is 5. The lowest BCUT2D eigenvalue weighted by atomic mass is 9.91. The predicted molar refractivity (Wildman–Crippen MR) is 84.6 cm³/mol. The van der Waals surface area contributed by atoms with Gasteiger partial charge in [-0.2, -0.15) is 0 Å². The molecule has 1 rings (SSSR count). The van der Waals surface area contributed by atoms with E-state index in [4.69, 9.17) is 0 Å². The molecule has 0 spiro atoms. The lowest BCUT2D eigenvalue weighted by Gasteiger charge is -2.22. The summed E-state index contributed by atoms with van der Waals surface area (Å²) in [5.74, 6) is -0.579. The van der Waals surface area contributed by atoms with Crippen LogP contribution < -0.4 is 10.6 Å². The number of hydrogen-bond acceptors (Lipinski definition) is 2. The molecule has 0 bridgehead atoms. The molecule has 0 aliphatic rings. The molecular weight excluding hydrogens is 320 g/mol. The van der Waals surface area contributed by atoms with Crippen LogP contribution in [-0.4, -0.2) is 18.4 Å². The Hall–Kier alpha value is -1.36. The number of anilines is 1. The van der Waals surface area contributed by atoms with Gasteiger partial charge in [-0.3, -0.25) is 9.59 Å². The molecule has 0 unspecified atom stereocenters. The molecule has 0 aromatic heterocycles. The van der Waals surface area contributed by atoms with Gasteiger partial charge in [-0.25, -0.2) is 0 Å². The first kappa shape index (κ1) is 16.7. The summed E-state index contributed by atoms with van der Waals surface area (Å²) in [6, 6.07) is 5.55. The minimum Gasteiger partial charge on any atom is -0.355 e. The van der Waals surface area contributed by atoms with Crippen molar-refractivity contribution in [2.75, 3.05) is 11.9 Å². The van der Waals surface area contributed by atoms with Gasteiger partial charge in [0, 0.05) is 16.7 Å². The lowest BCUT2D eigenvalue weighted by Crippen LogP contribution is -2.45. The quantitative estimate of drug-likeness (QED) is 0.808. The Kier molecular flexibility index (Phi) is 5.74. The van der Waals surface area contributed by atoms with E-state index in [9.17, 15) is 9.59 Å². The van der Waals surface area contributed by atoms with Crippen LogP contribution in [0.2, 0.25) is 0 Å². The summed E-state index contributed by atoms with van der Waals surface area (Å²) in [6.07, 6.45) is 0.842. The van der Waals surface area contributed by atoms with Crippen LogP contribution >= 0.6 is 15.9 Å². The maximum Gasteiger partial charge on any atom is 0.239 e. The maximum absolute atomic E-state index is 12.2. The summed E-state index contributed by atoms with van der Waals surface area (Å²) in [7, 11) is 0. The van der Waals surface area contributed by atoms with E-state index in [0.29, 0.717) is 12.2 Å². The Morgan fingerprint density at radius 2 is 1.90 bits per heavy atom. The van der Waals surface area contributed by atoms with Crippen molar-refractivity contribution in [2.45, 2.75) is 34.1 Å². The Labute approximate surface area is 128 Å². The van der Waals surface area contributed by atoms with E-state index in [1.165, 1.54) is 0 Å². The number of aryl methyl sites for hydroxylation is 1. The van der Waals surface area contributed by atoms with E-state index < -0.39 is 5.41 Å². The van der Waals surface area contributed by atoms with Gasteiger partial charge in [-0.15, -0.1) is 0 Å². The summed E-state index contributed by atoms with van der Waals surface area (Å²) < 4.78 is 0.920. The molecule has 0 saturated heterocycles. The second-order valence-electron chi connectivity index (χ2n) is 5.30. The number of nitrogens with one attached hydrogen (secondary N) is 2. The van der Waals surface area contributed by atoms with Gasteiger partial charge in [0.1, 0.15) is 5.41 Å². The monoisotopic (exact) mass is 340 g/mol. The maximum atomic E-state index is 12.2. The minimum absolute atomic E-state index is 0.261. The Morgan fingerprint density at radius 3 is 2.45 bits per heavy atom. The normalized spacial score (nSPS) is 11.1. The standard InChI is InChI=1S/C15H21BrN2O2/c1-5-8-17-13(19)15(3,4)14(20)18-11-7-6-10(2)12(16)9-11/h6-7,9H,5,8H2,1-4H3,(H,17,19)(H,18,20). The van der Waals surface area contributed by atoms with Gasteiger partial charge in [0.2, 0.25) is 11.8 Å². The summed E-state index contributed by atoms with van der Waals surface area (Å²) in [5.41, 5.74) is 0.652. The van der Waals surface area contributed by atoms with Crippen LogP contribution in [0.3, 0.4) is 0 Å². The molecule has 0 aliphatic heterocycles. The topological polar surface area (TPSA) is 58.2 Å². The number of amides is 2. The molecule has 0 heterocycles. The van der Waals surface area contributed by atoms with Gasteiger partial charge >= 0.3 is 0 Å². The zero-order valence-electron chi connectivity index (χ0n) is 12.3. The highest BCUT2D eigenvalue weighted by atomic mass is 79.9. The fraction of sp³-hybridized carbons (Fsp3) is 0.467. The van der Waals surface area contributed by atoms with Crippen molar-refractivity contribution in [1.82, 2.24) is 5.32 Å². The highest BCUT2D eigenvalue weighted by Gasteiger charge is 2.35. The first-order valence-corrected chi connectivity index (χ1v) is 7.44. The SMILES string of the molecule is CCCNC(=O)C(C)(C)C(=O)Nc1ccc(C)c(Br)c1. The molecule has 4 nitrogen and oxygen atoms in total. The van der Waals surface area contributed by atoms with Crippen LogP contribution in [0.4, 0.5) is 5.69 Å². The van der Waals surface area contributed by atoms with Crippen molar-refractivity contribution in [1.29, 1.82) is 0 Å². The molecular formula is C15H21BrN2O2. The molecule has 1 aromatic rings. The molecule has 0 atom stereocenters. The zero-order chi connectivity index (χ0) is 15.3. The first-order valence-electron chi connectivity index (χ1n) is 6.65. The van der Waals surface area contributed by atoms with Crippen molar-refractivity contribution >= 4 is 33.4 Å². The van der Waals surface area contributed by atoms with Crippen LogP contribution in [0.5, 0.6) is 0 Å². The van der Waals surface area contributed by atoms with Crippen molar-refractivity contribution in [3.8, 4) is 0 Å². The van der Waals surface area contributed by atoms with Gasteiger partial charge in [-0.1, -0.05) is 28.9 Å². The lowest BCUT2D eigenvalue weighted by molar-refractivity contribution is -0.138. The van der Waals surface area contributed by atoms with Crippen LogP contribution in [0.15, 0.2) is 22.7 Å². The van der Waals surface area contributed by atoms with Crippen molar-refractivity contribution in [3.05, 3.63) is 28.2 Å². The van der Waals surface area contributed by atoms with E-state index in [0.717, 1.165) is 16.5 Å². The average molecular weight is 341 g/mol. The van der Waals surface area contributed by atoms with E-state index in [1.807, 2.05) is 32.0 Å². The highest BCUT2D eigenvalue weighted by molar-refractivity contribution is 9.10. The largest absolute Gasteiger partial charge is 0.355 e.